The van der Waals surface area contributed by atoms with Crippen LogP contribution in [-0.2, 0) is 12.8 Å². The number of halogens is 4. The summed E-state index contributed by atoms with van der Waals surface area (Å²) in [5.41, 5.74) is 1.43. The van der Waals surface area contributed by atoms with Crippen LogP contribution >= 0.6 is 0 Å². The van der Waals surface area contributed by atoms with Crippen molar-refractivity contribution in [2.24, 2.45) is 17.8 Å². The molecule has 41 heavy (non-hydrogen) atoms. The van der Waals surface area contributed by atoms with Crippen LogP contribution in [0.15, 0.2) is 18.2 Å². The van der Waals surface area contributed by atoms with E-state index in [9.17, 15) is 4.39 Å². The number of rotatable bonds is 9. The van der Waals surface area contributed by atoms with Crippen molar-refractivity contribution in [3.63, 3.8) is 0 Å². The highest BCUT2D eigenvalue weighted by atomic mass is 19.2. The minimum Gasteiger partial charge on any atom is -0.206 e. The monoisotopic (exact) mass is 567 g/mol. The van der Waals surface area contributed by atoms with Gasteiger partial charge in [-0.05, 0) is 110 Å². The molecule has 0 bridgehead atoms. The van der Waals surface area contributed by atoms with Crippen LogP contribution in [-0.4, -0.2) is 0 Å². The Bertz CT molecular complexity index is 1230. The number of hydrogen-bond donors (Lipinski definition) is 0. The molecule has 3 aliphatic carbocycles. The maximum absolute atomic E-state index is 15.8. The van der Waals surface area contributed by atoms with Gasteiger partial charge in [-0.15, -0.1) is 0 Å². The molecule has 2 aromatic rings. The van der Waals surface area contributed by atoms with Crippen LogP contribution in [0.2, 0.25) is 0 Å². The van der Waals surface area contributed by atoms with Crippen molar-refractivity contribution in [1.29, 1.82) is 5.26 Å². The molecular formula is C36H45F4N. The van der Waals surface area contributed by atoms with Crippen molar-refractivity contribution in [2.45, 2.75) is 128 Å². The standard InChI is InChI=1S/C36H45F4N/c1-2-3-4-5-23-6-8-24(9-7-23)10-11-25-12-19-30-31(20-25)35(39)36(40)33(34(30)38)27-15-13-26(14-16-27)28-17-18-29(22-41)32(37)21-28/h17-18,21,23-27H,2-16,19-20H2,1H3. The average molecular weight is 568 g/mol. The Kier molecular flexibility index (Phi) is 10.1. The van der Waals surface area contributed by atoms with Gasteiger partial charge in [0.15, 0.2) is 11.6 Å². The maximum Gasteiger partial charge on any atom is 0.165 e. The van der Waals surface area contributed by atoms with E-state index in [1.807, 2.05) is 6.07 Å². The Labute approximate surface area is 243 Å². The summed E-state index contributed by atoms with van der Waals surface area (Å²) in [5.74, 6) is -1.24. The zero-order chi connectivity index (χ0) is 28.9. The van der Waals surface area contributed by atoms with E-state index in [1.54, 1.807) is 6.07 Å². The second kappa shape index (κ2) is 13.7. The molecule has 0 spiro atoms. The average Bonchev–Trinajstić information content (AvgIpc) is 3.00. The molecule has 222 valence electrons. The van der Waals surface area contributed by atoms with Crippen molar-refractivity contribution in [3.8, 4) is 6.07 Å². The van der Waals surface area contributed by atoms with E-state index in [2.05, 4.69) is 6.92 Å². The van der Waals surface area contributed by atoms with Gasteiger partial charge in [0.1, 0.15) is 17.7 Å². The lowest BCUT2D eigenvalue weighted by Crippen LogP contribution is -2.23. The highest BCUT2D eigenvalue weighted by Gasteiger charge is 2.35. The molecule has 1 nitrogen and oxygen atoms in total. The van der Waals surface area contributed by atoms with Crippen LogP contribution < -0.4 is 0 Å². The highest BCUT2D eigenvalue weighted by Crippen LogP contribution is 2.45. The number of benzene rings is 2. The smallest absolute Gasteiger partial charge is 0.165 e. The summed E-state index contributed by atoms with van der Waals surface area (Å²) in [6.07, 6.45) is 16.9. The van der Waals surface area contributed by atoms with Gasteiger partial charge in [-0.2, -0.15) is 5.26 Å². The third-order valence-electron chi connectivity index (χ3n) is 10.7. The van der Waals surface area contributed by atoms with E-state index in [0.29, 0.717) is 50.0 Å². The molecule has 1 atom stereocenters. The van der Waals surface area contributed by atoms with Crippen LogP contribution in [0.1, 0.15) is 143 Å². The summed E-state index contributed by atoms with van der Waals surface area (Å²) >= 11 is 0. The lowest BCUT2D eigenvalue weighted by Gasteiger charge is -2.33. The van der Waals surface area contributed by atoms with E-state index in [-0.39, 0.29) is 28.5 Å². The van der Waals surface area contributed by atoms with Gasteiger partial charge in [0, 0.05) is 5.56 Å². The van der Waals surface area contributed by atoms with Gasteiger partial charge in [-0.3, -0.25) is 0 Å². The molecule has 0 amide bonds. The molecule has 0 N–H and O–H groups in total. The van der Waals surface area contributed by atoms with Crippen molar-refractivity contribution in [1.82, 2.24) is 0 Å². The normalized spacial score (nSPS) is 26.4. The fourth-order valence-electron chi connectivity index (χ4n) is 8.15. The Morgan fingerprint density at radius 2 is 1.37 bits per heavy atom. The molecule has 0 saturated heterocycles. The fraction of sp³-hybridized carbons (Fsp3) is 0.639. The molecule has 2 saturated carbocycles. The SMILES string of the molecule is CCCCCC1CCC(CCC2CCc3c(F)c(C4CCC(c5ccc(C#N)c(F)c5)CC4)c(F)c(F)c3C2)CC1. The second-order valence-electron chi connectivity index (χ2n) is 13.3. The fourth-order valence-corrected chi connectivity index (χ4v) is 8.15. The van der Waals surface area contributed by atoms with Gasteiger partial charge in [0.05, 0.1) is 5.56 Å². The molecule has 0 heterocycles. The number of hydrogen-bond acceptors (Lipinski definition) is 1. The lowest BCUT2D eigenvalue weighted by molar-refractivity contribution is 0.232. The zero-order valence-corrected chi connectivity index (χ0v) is 24.6. The summed E-state index contributed by atoms with van der Waals surface area (Å²) in [4.78, 5) is 0. The number of nitriles is 1. The molecule has 2 fully saturated rings. The molecule has 0 radical (unpaired) electrons. The Morgan fingerprint density at radius 1 is 0.707 bits per heavy atom. The van der Waals surface area contributed by atoms with E-state index >= 15 is 13.2 Å². The minimum atomic E-state index is -0.990. The maximum atomic E-state index is 15.8. The molecule has 3 aliphatic rings. The van der Waals surface area contributed by atoms with Gasteiger partial charge in [0.2, 0.25) is 0 Å². The van der Waals surface area contributed by atoms with E-state index in [1.165, 1.54) is 63.5 Å². The van der Waals surface area contributed by atoms with Crippen LogP contribution in [0, 0.1) is 52.4 Å². The summed E-state index contributed by atoms with van der Waals surface area (Å²) in [7, 11) is 0. The second-order valence-corrected chi connectivity index (χ2v) is 13.3. The van der Waals surface area contributed by atoms with E-state index in [0.717, 1.165) is 36.7 Å². The number of fused-ring (bicyclic) bond motifs is 1. The van der Waals surface area contributed by atoms with Gasteiger partial charge < -0.3 is 0 Å². The van der Waals surface area contributed by atoms with Gasteiger partial charge in [0.25, 0.3) is 0 Å². The van der Waals surface area contributed by atoms with E-state index in [4.69, 9.17) is 5.26 Å². The van der Waals surface area contributed by atoms with Crippen molar-refractivity contribution in [3.05, 3.63) is 69.3 Å². The Balaban J connectivity index is 1.17. The number of nitrogens with zero attached hydrogens (tertiary/aromatic N) is 1. The third-order valence-corrected chi connectivity index (χ3v) is 10.7. The minimum absolute atomic E-state index is 0.0126. The molecule has 0 aliphatic heterocycles. The summed E-state index contributed by atoms with van der Waals surface area (Å²) in [5, 5.41) is 8.98. The molecule has 0 aromatic heterocycles. The lowest BCUT2D eigenvalue weighted by atomic mass is 9.73. The molecule has 1 unspecified atom stereocenters. The van der Waals surface area contributed by atoms with Crippen LogP contribution in [0.4, 0.5) is 17.6 Å². The molecule has 5 rings (SSSR count). The van der Waals surface area contributed by atoms with Gasteiger partial charge in [-0.1, -0.05) is 70.8 Å². The summed E-state index contributed by atoms with van der Waals surface area (Å²) < 4.78 is 60.8. The van der Waals surface area contributed by atoms with Crippen molar-refractivity contribution >= 4 is 0 Å². The first kappa shape index (κ1) is 30.1. The summed E-state index contributed by atoms with van der Waals surface area (Å²) in [6, 6.07) is 6.49. The van der Waals surface area contributed by atoms with Crippen LogP contribution in [0.3, 0.4) is 0 Å². The van der Waals surface area contributed by atoms with Gasteiger partial charge >= 0.3 is 0 Å². The third kappa shape index (κ3) is 6.84. The Morgan fingerprint density at radius 3 is 2.02 bits per heavy atom. The van der Waals surface area contributed by atoms with E-state index < -0.39 is 23.3 Å². The first-order valence-corrected chi connectivity index (χ1v) is 16.3. The summed E-state index contributed by atoms with van der Waals surface area (Å²) in [6.45, 7) is 2.26. The zero-order valence-electron chi connectivity index (χ0n) is 24.6. The van der Waals surface area contributed by atoms with Crippen LogP contribution in [0.5, 0.6) is 0 Å². The topological polar surface area (TPSA) is 23.8 Å². The Hall–Kier alpha value is -2.35. The molecule has 2 aromatic carbocycles. The molecular weight excluding hydrogens is 522 g/mol. The predicted octanol–water partition coefficient (Wildman–Crippen LogP) is 10.8. The van der Waals surface area contributed by atoms with Crippen molar-refractivity contribution < 1.29 is 17.6 Å². The first-order chi connectivity index (χ1) is 19.9. The number of unbranched alkanes of at least 4 members (excludes halogenated alkanes) is 2. The van der Waals surface area contributed by atoms with Crippen LogP contribution in [0.25, 0.3) is 0 Å². The quantitative estimate of drug-likeness (QED) is 0.168. The van der Waals surface area contributed by atoms with Gasteiger partial charge in [-0.25, -0.2) is 17.6 Å². The first-order valence-electron chi connectivity index (χ1n) is 16.3. The largest absolute Gasteiger partial charge is 0.206 e. The van der Waals surface area contributed by atoms with Crippen molar-refractivity contribution in [2.75, 3.05) is 0 Å². The highest BCUT2D eigenvalue weighted by molar-refractivity contribution is 5.41. The predicted molar refractivity (Wildman–Crippen MR) is 156 cm³/mol. The molecule has 5 heteroatoms.